The lowest BCUT2D eigenvalue weighted by Gasteiger charge is -2.19. The fourth-order valence-corrected chi connectivity index (χ4v) is 2.52. The Morgan fingerprint density at radius 1 is 1.53 bits per heavy atom. The third-order valence-corrected chi connectivity index (χ3v) is 3.44. The molecule has 4 nitrogen and oxygen atoms in total. The van der Waals surface area contributed by atoms with Crippen molar-refractivity contribution >= 4 is 11.1 Å². The molecular formula is C13H17N3O. The summed E-state index contributed by atoms with van der Waals surface area (Å²) in [5.74, 6) is 0.699. The van der Waals surface area contributed by atoms with E-state index in [1.165, 1.54) is 6.42 Å². The minimum Gasteiger partial charge on any atom is -0.441 e. The Bertz CT molecular complexity index is 528. The zero-order valence-corrected chi connectivity index (χ0v) is 9.94. The molecule has 0 amide bonds. The van der Waals surface area contributed by atoms with Crippen LogP contribution in [0.2, 0.25) is 0 Å². The van der Waals surface area contributed by atoms with E-state index in [9.17, 15) is 0 Å². The topological polar surface area (TPSA) is 64.1 Å². The summed E-state index contributed by atoms with van der Waals surface area (Å²) in [5.41, 5.74) is 9.14. The molecule has 1 aliphatic heterocycles. The summed E-state index contributed by atoms with van der Waals surface area (Å²) in [6, 6.07) is 6.47. The molecule has 0 radical (unpaired) electrons. The molecule has 1 aromatic carbocycles. The van der Waals surface area contributed by atoms with Crippen molar-refractivity contribution in [3.63, 3.8) is 0 Å². The average molecular weight is 231 g/mol. The molecule has 1 saturated heterocycles. The highest BCUT2D eigenvalue weighted by atomic mass is 16.3. The van der Waals surface area contributed by atoms with Crippen molar-refractivity contribution in [3.8, 4) is 0 Å². The molecule has 2 atom stereocenters. The molecule has 1 aromatic heterocycles. The lowest BCUT2D eigenvalue weighted by atomic mass is 9.99. The summed E-state index contributed by atoms with van der Waals surface area (Å²) < 4.78 is 5.46. The van der Waals surface area contributed by atoms with Gasteiger partial charge in [0, 0.05) is 19.0 Å². The van der Waals surface area contributed by atoms with E-state index in [0.29, 0.717) is 11.9 Å². The van der Waals surface area contributed by atoms with Crippen LogP contribution in [0.4, 0.5) is 0 Å². The van der Waals surface area contributed by atoms with Gasteiger partial charge in [0.1, 0.15) is 5.52 Å². The van der Waals surface area contributed by atoms with Crippen LogP contribution >= 0.6 is 0 Å². The van der Waals surface area contributed by atoms with Crippen molar-refractivity contribution in [1.29, 1.82) is 0 Å². The number of hydrogen-bond donors (Lipinski definition) is 2. The van der Waals surface area contributed by atoms with Gasteiger partial charge in [0.2, 0.25) is 0 Å². The second-order valence-corrected chi connectivity index (χ2v) is 4.69. The van der Waals surface area contributed by atoms with Gasteiger partial charge >= 0.3 is 0 Å². The second kappa shape index (κ2) is 4.13. The molecule has 0 aliphatic carbocycles. The molecular weight excluding hydrogens is 214 g/mol. The lowest BCUT2D eigenvalue weighted by molar-refractivity contribution is 0.501. The average Bonchev–Trinajstić information content (AvgIpc) is 2.94. The van der Waals surface area contributed by atoms with E-state index in [-0.39, 0.29) is 6.04 Å². The standard InChI is InChI=1S/C13H17N3O/c1-8-16-11-7-9(4-5-12(11)17-8)13(14)10-3-2-6-15-10/h4-5,7,10,13,15H,2-3,6,14H2,1H3. The molecule has 4 heteroatoms. The highest BCUT2D eigenvalue weighted by Gasteiger charge is 2.23. The van der Waals surface area contributed by atoms with Crippen molar-refractivity contribution in [2.24, 2.45) is 5.73 Å². The molecule has 3 N–H and O–H groups in total. The minimum absolute atomic E-state index is 0.0407. The minimum atomic E-state index is 0.0407. The van der Waals surface area contributed by atoms with E-state index in [1.54, 1.807) is 0 Å². The third-order valence-electron chi connectivity index (χ3n) is 3.44. The Morgan fingerprint density at radius 2 is 2.41 bits per heavy atom. The number of aromatic nitrogens is 1. The van der Waals surface area contributed by atoms with Gasteiger partial charge in [-0.25, -0.2) is 4.98 Å². The Labute approximate surface area is 100 Å². The fourth-order valence-electron chi connectivity index (χ4n) is 2.52. The maximum atomic E-state index is 6.28. The summed E-state index contributed by atoms with van der Waals surface area (Å²) in [5, 5.41) is 3.44. The highest BCUT2D eigenvalue weighted by molar-refractivity contribution is 5.73. The smallest absolute Gasteiger partial charge is 0.192 e. The number of fused-ring (bicyclic) bond motifs is 1. The summed E-state index contributed by atoms with van der Waals surface area (Å²) >= 11 is 0. The van der Waals surface area contributed by atoms with Crippen LogP contribution in [0.5, 0.6) is 0 Å². The maximum absolute atomic E-state index is 6.28. The zero-order chi connectivity index (χ0) is 11.8. The number of oxazole rings is 1. The van der Waals surface area contributed by atoms with Gasteiger partial charge in [-0.3, -0.25) is 0 Å². The summed E-state index contributed by atoms with van der Waals surface area (Å²) in [7, 11) is 0. The predicted molar refractivity (Wildman–Crippen MR) is 66.7 cm³/mol. The number of nitrogens with one attached hydrogen (secondary N) is 1. The lowest BCUT2D eigenvalue weighted by Crippen LogP contribution is -2.34. The van der Waals surface area contributed by atoms with Crippen LogP contribution in [-0.2, 0) is 0 Å². The normalized spacial score (nSPS) is 22.1. The van der Waals surface area contributed by atoms with Crippen molar-refractivity contribution in [2.45, 2.75) is 31.8 Å². The van der Waals surface area contributed by atoms with Crippen LogP contribution < -0.4 is 11.1 Å². The molecule has 90 valence electrons. The van der Waals surface area contributed by atoms with Crippen LogP contribution in [0.3, 0.4) is 0 Å². The van der Waals surface area contributed by atoms with Crippen LogP contribution in [0, 0.1) is 6.92 Å². The van der Waals surface area contributed by atoms with Crippen LogP contribution in [0.1, 0.15) is 30.3 Å². The van der Waals surface area contributed by atoms with Gasteiger partial charge in [-0.15, -0.1) is 0 Å². The maximum Gasteiger partial charge on any atom is 0.192 e. The van der Waals surface area contributed by atoms with Crippen LogP contribution in [0.25, 0.3) is 11.1 Å². The monoisotopic (exact) mass is 231 g/mol. The molecule has 0 spiro atoms. The first-order valence-corrected chi connectivity index (χ1v) is 6.10. The highest BCUT2D eigenvalue weighted by Crippen LogP contribution is 2.24. The number of hydrogen-bond acceptors (Lipinski definition) is 4. The van der Waals surface area contributed by atoms with Crippen molar-refractivity contribution in [3.05, 3.63) is 29.7 Å². The quantitative estimate of drug-likeness (QED) is 0.828. The third kappa shape index (κ3) is 1.94. The van der Waals surface area contributed by atoms with E-state index in [1.807, 2.05) is 25.1 Å². The summed E-state index contributed by atoms with van der Waals surface area (Å²) in [6.45, 7) is 2.93. The fraction of sp³-hybridized carbons (Fsp3) is 0.462. The van der Waals surface area contributed by atoms with Crippen molar-refractivity contribution in [2.75, 3.05) is 6.54 Å². The number of rotatable bonds is 2. The molecule has 2 aromatic rings. The molecule has 0 bridgehead atoms. The zero-order valence-electron chi connectivity index (χ0n) is 9.94. The Hall–Kier alpha value is -1.39. The number of benzene rings is 1. The Morgan fingerprint density at radius 3 is 3.18 bits per heavy atom. The molecule has 2 unspecified atom stereocenters. The van der Waals surface area contributed by atoms with E-state index in [0.717, 1.165) is 29.6 Å². The van der Waals surface area contributed by atoms with E-state index >= 15 is 0 Å². The van der Waals surface area contributed by atoms with Gasteiger partial charge in [-0.2, -0.15) is 0 Å². The predicted octanol–water partition coefficient (Wildman–Crippen LogP) is 1.89. The number of nitrogens with zero attached hydrogens (tertiary/aromatic N) is 1. The van der Waals surface area contributed by atoms with Gasteiger partial charge in [0.05, 0.1) is 0 Å². The van der Waals surface area contributed by atoms with Gasteiger partial charge in [0.25, 0.3) is 0 Å². The van der Waals surface area contributed by atoms with Gasteiger partial charge in [-0.05, 0) is 37.1 Å². The van der Waals surface area contributed by atoms with Gasteiger partial charge in [0.15, 0.2) is 11.5 Å². The number of aryl methyl sites for hydroxylation is 1. The molecule has 3 rings (SSSR count). The molecule has 0 saturated carbocycles. The second-order valence-electron chi connectivity index (χ2n) is 4.69. The van der Waals surface area contributed by atoms with E-state index in [4.69, 9.17) is 10.2 Å². The molecule has 17 heavy (non-hydrogen) atoms. The summed E-state index contributed by atoms with van der Waals surface area (Å²) in [4.78, 5) is 4.34. The number of nitrogens with two attached hydrogens (primary N) is 1. The molecule has 2 heterocycles. The summed E-state index contributed by atoms with van der Waals surface area (Å²) in [6.07, 6.45) is 2.36. The largest absolute Gasteiger partial charge is 0.441 e. The van der Waals surface area contributed by atoms with Crippen LogP contribution in [0.15, 0.2) is 22.6 Å². The van der Waals surface area contributed by atoms with E-state index < -0.39 is 0 Å². The molecule has 1 aliphatic rings. The Kier molecular flexibility index (Phi) is 2.61. The first-order valence-electron chi connectivity index (χ1n) is 6.10. The van der Waals surface area contributed by atoms with Gasteiger partial charge in [-0.1, -0.05) is 6.07 Å². The van der Waals surface area contributed by atoms with Crippen molar-refractivity contribution < 1.29 is 4.42 Å². The molecule has 1 fully saturated rings. The SMILES string of the molecule is Cc1nc2cc(C(N)C3CCCN3)ccc2o1. The van der Waals surface area contributed by atoms with Crippen LogP contribution in [-0.4, -0.2) is 17.6 Å². The van der Waals surface area contributed by atoms with E-state index in [2.05, 4.69) is 10.3 Å². The van der Waals surface area contributed by atoms with Crippen molar-refractivity contribution in [1.82, 2.24) is 10.3 Å². The van der Waals surface area contributed by atoms with Gasteiger partial charge < -0.3 is 15.5 Å². The Balaban J connectivity index is 1.93. The first kappa shape index (κ1) is 10.7. The first-order chi connectivity index (χ1) is 8.24.